The van der Waals surface area contributed by atoms with Crippen molar-refractivity contribution in [2.24, 2.45) is 0 Å². The highest BCUT2D eigenvalue weighted by Gasteiger charge is 2.19. The average molecular weight is 432 g/mol. The van der Waals surface area contributed by atoms with Gasteiger partial charge in [0.2, 0.25) is 5.88 Å². The number of pyridine rings is 1. The molecule has 0 spiro atoms. The molecule has 0 unspecified atom stereocenters. The van der Waals surface area contributed by atoms with Gasteiger partial charge >= 0.3 is 6.03 Å². The van der Waals surface area contributed by atoms with Gasteiger partial charge in [-0.15, -0.1) is 0 Å². The molecule has 0 bridgehead atoms. The van der Waals surface area contributed by atoms with Gasteiger partial charge in [0.05, 0.1) is 18.2 Å². The van der Waals surface area contributed by atoms with Crippen molar-refractivity contribution in [1.82, 2.24) is 15.6 Å². The zero-order valence-corrected chi connectivity index (χ0v) is 17.5. The molecule has 4 rings (SSSR count). The van der Waals surface area contributed by atoms with E-state index in [1.807, 2.05) is 18.2 Å². The topological polar surface area (TPSA) is 81.7 Å². The Morgan fingerprint density at radius 3 is 2.80 bits per heavy atom. The second kappa shape index (κ2) is 9.89. The third-order valence-corrected chi connectivity index (χ3v) is 5.47. The third-order valence-electron chi connectivity index (χ3n) is 5.18. The minimum atomic E-state index is -0.283. The third kappa shape index (κ3) is 5.27. The van der Waals surface area contributed by atoms with E-state index in [9.17, 15) is 4.79 Å². The van der Waals surface area contributed by atoms with Crippen LogP contribution in [0.1, 0.15) is 43.2 Å². The van der Waals surface area contributed by atoms with Crippen LogP contribution >= 0.6 is 11.6 Å². The molecule has 0 saturated heterocycles. The molecule has 1 aliphatic carbocycles. The fourth-order valence-corrected chi connectivity index (χ4v) is 3.92. The normalized spacial score (nSPS) is 16.0. The number of benzene rings is 1. The fourth-order valence-electron chi connectivity index (χ4n) is 3.64. The Morgan fingerprint density at radius 1 is 1.13 bits per heavy atom. The lowest BCUT2D eigenvalue weighted by Gasteiger charge is -2.16. The predicted molar refractivity (Wildman–Crippen MR) is 113 cm³/mol. The van der Waals surface area contributed by atoms with Crippen LogP contribution in [-0.4, -0.2) is 30.3 Å². The van der Waals surface area contributed by atoms with Crippen LogP contribution in [-0.2, 0) is 13.1 Å². The number of halogens is 1. The molecule has 1 saturated carbocycles. The molecule has 0 atom stereocenters. The SMILES string of the molecule is O=C(NCc1cc(Cl)c2c(c1)OCCCO2)NCc1cccnc1OC1CCCC1. The quantitative estimate of drug-likeness (QED) is 0.715. The van der Waals surface area contributed by atoms with Gasteiger partial charge in [-0.05, 0) is 49.4 Å². The standard InChI is InChI=1S/C22H26ClN3O4/c23-18-11-15(12-19-20(18)29-10-4-9-28-19)13-25-22(27)26-14-16-5-3-8-24-21(16)30-17-6-1-2-7-17/h3,5,8,11-12,17H,1-2,4,6-7,9-10,13-14H2,(H2,25,26,27). The minimum absolute atomic E-state index is 0.219. The van der Waals surface area contributed by atoms with Crippen molar-refractivity contribution in [2.45, 2.75) is 51.3 Å². The maximum absolute atomic E-state index is 12.3. The largest absolute Gasteiger partial charge is 0.489 e. The van der Waals surface area contributed by atoms with E-state index in [0.717, 1.165) is 30.4 Å². The van der Waals surface area contributed by atoms with Gasteiger partial charge in [0.25, 0.3) is 0 Å². The monoisotopic (exact) mass is 431 g/mol. The molecule has 0 radical (unpaired) electrons. The van der Waals surface area contributed by atoms with Gasteiger partial charge in [-0.2, -0.15) is 0 Å². The smallest absolute Gasteiger partial charge is 0.315 e. The summed E-state index contributed by atoms with van der Waals surface area (Å²) in [7, 11) is 0. The molecule has 30 heavy (non-hydrogen) atoms. The number of ether oxygens (including phenoxy) is 3. The zero-order valence-electron chi connectivity index (χ0n) is 16.8. The Bertz CT molecular complexity index is 887. The van der Waals surface area contributed by atoms with Crippen molar-refractivity contribution in [2.75, 3.05) is 13.2 Å². The highest BCUT2D eigenvalue weighted by Crippen LogP contribution is 2.38. The number of hydrogen-bond donors (Lipinski definition) is 2. The van der Waals surface area contributed by atoms with Crippen molar-refractivity contribution in [1.29, 1.82) is 0 Å². The summed E-state index contributed by atoms with van der Waals surface area (Å²) in [4.78, 5) is 16.6. The van der Waals surface area contributed by atoms with Crippen molar-refractivity contribution in [3.8, 4) is 17.4 Å². The number of carbonyl (C=O) groups excluding carboxylic acids is 1. The molecule has 160 valence electrons. The number of urea groups is 1. The molecule has 1 aromatic heterocycles. The number of rotatable bonds is 6. The maximum atomic E-state index is 12.3. The van der Waals surface area contributed by atoms with Crippen LogP contribution in [0, 0.1) is 0 Å². The van der Waals surface area contributed by atoms with Crippen LogP contribution in [0.3, 0.4) is 0 Å². The lowest BCUT2D eigenvalue weighted by atomic mass is 10.2. The number of nitrogens with one attached hydrogen (secondary N) is 2. The molecular formula is C22H26ClN3O4. The van der Waals surface area contributed by atoms with Gasteiger partial charge < -0.3 is 24.8 Å². The summed E-state index contributed by atoms with van der Waals surface area (Å²) in [5, 5.41) is 6.19. The van der Waals surface area contributed by atoms with Crippen LogP contribution in [0.15, 0.2) is 30.5 Å². The van der Waals surface area contributed by atoms with Crippen molar-refractivity contribution >= 4 is 17.6 Å². The Kier molecular flexibility index (Phi) is 6.79. The minimum Gasteiger partial charge on any atom is -0.489 e. The van der Waals surface area contributed by atoms with Crippen LogP contribution in [0.25, 0.3) is 0 Å². The van der Waals surface area contributed by atoms with Gasteiger partial charge in [-0.1, -0.05) is 17.7 Å². The molecule has 8 heteroatoms. The number of hydrogen-bond acceptors (Lipinski definition) is 5. The van der Waals surface area contributed by atoms with E-state index in [1.54, 1.807) is 12.3 Å². The fraction of sp³-hybridized carbons (Fsp3) is 0.455. The first kappa shape index (κ1) is 20.6. The number of carbonyl (C=O) groups is 1. The highest BCUT2D eigenvalue weighted by atomic mass is 35.5. The number of amides is 2. The maximum Gasteiger partial charge on any atom is 0.315 e. The highest BCUT2D eigenvalue weighted by molar-refractivity contribution is 6.32. The number of aromatic nitrogens is 1. The first-order valence-corrected chi connectivity index (χ1v) is 10.8. The van der Waals surface area contributed by atoms with Crippen molar-refractivity contribution < 1.29 is 19.0 Å². The second-order valence-electron chi connectivity index (χ2n) is 7.48. The van der Waals surface area contributed by atoms with Gasteiger partial charge in [-0.3, -0.25) is 0 Å². The van der Waals surface area contributed by atoms with Crippen LogP contribution in [0.2, 0.25) is 5.02 Å². The number of nitrogens with zero attached hydrogens (tertiary/aromatic N) is 1. The van der Waals surface area contributed by atoms with E-state index >= 15 is 0 Å². The predicted octanol–water partition coefficient (Wildman–Crippen LogP) is 4.22. The van der Waals surface area contributed by atoms with Gasteiger partial charge in [0.1, 0.15) is 6.10 Å². The number of fused-ring (bicyclic) bond motifs is 1. The lowest BCUT2D eigenvalue weighted by Crippen LogP contribution is -2.34. The van der Waals surface area contributed by atoms with E-state index in [4.69, 9.17) is 25.8 Å². The molecule has 7 nitrogen and oxygen atoms in total. The summed E-state index contributed by atoms with van der Waals surface area (Å²) in [6.07, 6.45) is 7.24. The van der Waals surface area contributed by atoms with Crippen molar-refractivity contribution in [3.63, 3.8) is 0 Å². The van der Waals surface area contributed by atoms with Gasteiger partial charge in [-0.25, -0.2) is 9.78 Å². The summed E-state index contributed by atoms with van der Waals surface area (Å²) < 4.78 is 17.3. The summed E-state index contributed by atoms with van der Waals surface area (Å²) >= 11 is 6.31. The molecule has 1 aromatic carbocycles. The molecule has 2 aromatic rings. The average Bonchev–Trinajstić information content (AvgIpc) is 3.14. The Labute approximate surface area is 181 Å². The lowest BCUT2D eigenvalue weighted by molar-refractivity contribution is 0.198. The summed E-state index contributed by atoms with van der Waals surface area (Å²) in [5.41, 5.74) is 1.70. The molecule has 1 aliphatic heterocycles. The van der Waals surface area contributed by atoms with E-state index in [-0.39, 0.29) is 12.1 Å². The van der Waals surface area contributed by atoms with E-state index in [0.29, 0.717) is 48.7 Å². The van der Waals surface area contributed by atoms with Crippen LogP contribution in [0.5, 0.6) is 17.4 Å². The van der Waals surface area contributed by atoms with Gasteiger partial charge in [0.15, 0.2) is 11.5 Å². The first-order valence-electron chi connectivity index (χ1n) is 10.4. The summed E-state index contributed by atoms with van der Waals surface area (Å²) in [6.45, 7) is 1.81. The molecule has 2 N–H and O–H groups in total. The first-order chi connectivity index (χ1) is 14.7. The molecule has 2 heterocycles. The van der Waals surface area contributed by atoms with Crippen LogP contribution in [0.4, 0.5) is 4.79 Å². The van der Waals surface area contributed by atoms with E-state index in [2.05, 4.69) is 15.6 Å². The molecule has 1 fully saturated rings. The summed E-state index contributed by atoms with van der Waals surface area (Å²) in [6, 6.07) is 7.11. The molecule has 2 amide bonds. The van der Waals surface area contributed by atoms with Gasteiger partial charge in [0, 0.05) is 31.3 Å². The van der Waals surface area contributed by atoms with E-state index in [1.165, 1.54) is 12.8 Å². The molecule has 2 aliphatic rings. The Hall–Kier alpha value is -2.67. The zero-order chi connectivity index (χ0) is 20.8. The molecular weight excluding hydrogens is 406 g/mol. The summed E-state index contributed by atoms with van der Waals surface area (Å²) in [5.74, 6) is 1.77. The van der Waals surface area contributed by atoms with E-state index < -0.39 is 0 Å². The second-order valence-corrected chi connectivity index (χ2v) is 7.89. The van der Waals surface area contributed by atoms with Crippen molar-refractivity contribution in [3.05, 3.63) is 46.6 Å². The Balaban J connectivity index is 1.31. The Morgan fingerprint density at radius 2 is 1.93 bits per heavy atom. The van der Waals surface area contributed by atoms with Crippen LogP contribution < -0.4 is 24.8 Å².